The van der Waals surface area contributed by atoms with E-state index in [4.69, 9.17) is 9.40 Å². The van der Waals surface area contributed by atoms with Crippen molar-refractivity contribution < 1.29 is 4.42 Å². The van der Waals surface area contributed by atoms with Gasteiger partial charge in [0, 0.05) is 29.1 Å². The van der Waals surface area contributed by atoms with Crippen LogP contribution in [0.4, 0.5) is 0 Å². The van der Waals surface area contributed by atoms with Gasteiger partial charge in [0.1, 0.15) is 10.4 Å². The molecule has 0 N–H and O–H groups in total. The lowest BCUT2D eigenvalue weighted by Crippen LogP contribution is -2.20. The van der Waals surface area contributed by atoms with Crippen molar-refractivity contribution >= 4 is 44.3 Å². The average Bonchev–Trinajstić information content (AvgIpc) is 3.27. The van der Waals surface area contributed by atoms with Crippen LogP contribution in [-0.2, 0) is 25.6 Å². The first-order chi connectivity index (χ1) is 13.9. The standard InChI is InChI=1S/C22H20N2O3S2/c1-11-7-8-14-13(9-17(25)27-19(14)12(11)2)10-28-22-23-20-18(21(26)24(22)3)15-5-4-6-16(15)29-20/h7-9H,4-6,10H2,1-3H3. The SMILES string of the molecule is Cc1ccc2c(CSc3nc4sc5c(c4c(=O)n3C)CCC5)cc(=O)oc2c1C. The Morgan fingerprint density at radius 2 is 2.07 bits per heavy atom. The molecule has 0 atom stereocenters. The third-order valence-electron chi connectivity index (χ3n) is 5.78. The maximum atomic E-state index is 13.0. The predicted molar refractivity (Wildman–Crippen MR) is 118 cm³/mol. The van der Waals surface area contributed by atoms with Crippen molar-refractivity contribution in [2.45, 2.75) is 44.0 Å². The first-order valence-electron chi connectivity index (χ1n) is 9.61. The van der Waals surface area contributed by atoms with Crippen LogP contribution in [0.5, 0.6) is 0 Å². The molecule has 0 fully saturated rings. The molecule has 0 saturated heterocycles. The molecule has 3 heterocycles. The Labute approximate surface area is 175 Å². The molecule has 3 aromatic heterocycles. The molecule has 29 heavy (non-hydrogen) atoms. The van der Waals surface area contributed by atoms with Gasteiger partial charge in [0.05, 0.1) is 5.39 Å². The lowest BCUT2D eigenvalue weighted by atomic mass is 10.0. The number of hydrogen-bond donors (Lipinski definition) is 0. The van der Waals surface area contributed by atoms with Crippen molar-refractivity contribution in [2.24, 2.45) is 7.05 Å². The molecule has 7 heteroatoms. The molecule has 5 rings (SSSR count). The van der Waals surface area contributed by atoms with E-state index < -0.39 is 0 Å². The van der Waals surface area contributed by atoms with Gasteiger partial charge in [-0.2, -0.15) is 0 Å². The third kappa shape index (κ3) is 2.95. The molecule has 1 aliphatic carbocycles. The summed E-state index contributed by atoms with van der Waals surface area (Å²) in [5.41, 5.74) is 4.48. The van der Waals surface area contributed by atoms with Gasteiger partial charge in [-0.1, -0.05) is 23.9 Å². The van der Waals surface area contributed by atoms with Crippen LogP contribution in [0.2, 0.25) is 0 Å². The molecule has 5 nitrogen and oxygen atoms in total. The van der Waals surface area contributed by atoms with Gasteiger partial charge in [0.2, 0.25) is 0 Å². The second-order valence-electron chi connectivity index (χ2n) is 7.56. The van der Waals surface area contributed by atoms with Gasteiger partial charge in [-0.05, 0) is 55.4 Å². The summed E-state index contributed by atoms with van der Waals surface area (Å²) in [4.78, 5) is 32.0. The molecule has 1 aliphatic rings. The highest BCUT2D eigenvalue weighted by molar-refractivity contribution is 7.98. The topological polar surface area (TPSA) is 65.1 Å². The van der Waals surface area contributed by atoms with Gasteiger partial charge in [-0.25, -0.2) is 9.78 Å². The van der Waals surface area contributed by atoms with E-state index in [0.717, 1.165) is 51.6 Å². The Kier molecular flexibility index (Phi) is 4.40. The van der Waals surface area contributed by atoms with E-state index >= 15 is 0 Å². The van der Waals surface area contributed by atoms with E-state index in [-0.39, 0.29) is 11.2 Å². The van der Waals surface area contributed by atoms with Crippen molar-refractivity contribution in [3.05, 3.63) is 66.1 Å². The highest BCUT2D eigenvalue weighted by atomic mass is 32.2. The number of aromatic nitrogens is 2. The molecule has 0 aliphatic heterocycles. The zero-order valence-corrected chi connectivity index (χ0v) is 18.1. The minimum Gasteiger partial charge on any atom is -0.422 e. The fraction of sp³-hybridized carbons (Fsp3) is 0.318. The summed E-state index contributed by atoms with van der Waals surface area (Å²) in [5, 5.41) is 2.40. The maximum Gasteiger partial charge on any atom is 0.336 e. The molecule has 1 aromatic carbocycles. The number of aryl methyl sites for hydroxylation is 4. The Balaban J connectivity index is 1.56. The van der Waals surface area contributed by atoms with E-state index in [0.29, 0.717) is 16.5 Å². The second-order valence-corrected chi connectivity index (χ2v) is 9.59. The minimum absolute atomic E-state index is 0.0285. The summed E-state index contributed by atoms with van der Waals surface area (Å²) in [6, 6.07) is 5.58. The largest absolute Gasteiger partial charge is 0.422 e. The second kappa shape index (κ2) is 6.85. The molecular weight excluding hydrogens is 404 g/mol. The van der Waals surface area contributed by atoms with Crippen molar-refractivity contribution in [3.63, 3.8) is 0 Å². The molecule has 0 radical (unpaired) electrons. The van der Waals surface area contributed by atoms with Gasteiger partial charge >= 0.3 is 5.63 Å². The summed E-state index contributed by atoms with van der Waals surface area (Å²) in [6.07, 6.45) is 3.15. The molecule has 0 spiro atoms. The molecule has 4 aromatic rings. The van der Waals surface area contributed by atoms with Crippen LogP contribution in [0.1, 0.15) is 33.6 Å². The maximum absolute atomic E-state index is 13.0. The summed E-state index contributed by atoms with van der Waals surface area (Å²) in [5.74, 6) is 0.543. The average molecular weight is 425 g/mol. The van der Waals surface area contributed by atoms with Crippen LogP contribution in [0, 0.1) is 13.8 Å². The number of thiophene rings is 1. The van der Waals surface area contributed by atoms with Crippen LogP contribution in [0.25, 0.3) is 21.2 Å². The number of hydrogen-bond acceptors (Lipinski definition) is 6. The zero-order valence-electron chi connectivity index (χ0n) is 16.5. The lowest BCUT2D eigenvalue weighted by molar-refractivity contribution is 0.557. The van der Waals surface area contributed by atoms with Gasteiger partial charge < -0.3 is 4.42 Å². The van der Waals surface area contributed by atoms with E-state index in [1.165, 1.54) is 22.2 Å². The first-order valence-corrected chi connectivity index (χ1v) is 11.4. The van der Waals surface area contributed by atoms with Crippen molar-refractivity contribution in [2.75, 3.05) is 0 Å². The Morgan fingerprint density at radius 1 is 1.24 bits per heavy atom. The summed E-state index contributed by atoms with van der Waals surface area (Å²) < 4.78 is 7.11. The lowest BCUT2D eigenvalue weighted by Gasteiger charge is -2.10. The number of nitrogens with zero attached hydrogens (tertiary/aromatic N) is 2. The normalized spacial score (nSPS) is 13.5. The van der Waals surface area contributed by atoms with E-state index in [1.807, 2.05) is 26.0 Å². The zero-order chi connectivity index (χ0) is 20.3. The van der Waals surface area contributed by atoms with Crippen LogP contribution in [-0.4, -0.2) is 9.55 Å². The van der Waals surface area contributed by atoms with Gasteiger partial charge in [0.15, 0.2) is 5.16 Å². The molecular formula is C22H20N2O3S2. The van der Waals surface area contributed by atoms with E-state index in [9.17, 15) is 9.59 Å². The van der Waals surface area contributed by atoms with E-state index in [2.05, 4.69) is 0 Å². The Morgan fingerprint density at radius 3 is 2.90 bits per heavy atom. The van der Waals surface area contributed by atoms with Crippen molar-refractivity contribution in [1.29, 1.82) is 0 Å². The fourth-order valence-electron chi connectivity index (χ4n) is 4.02. The Bertz CT molecular complexity index is 1410. The Hall–Kier alpha value is -2.38. The number of benzene rings is 1. The summed E-state index contributed by atoms with van der Waals surface area (Å²) in [7, 11) is 1.78. The molecule has 0 amide bonds. The van der Waals surface area contributed by atoms with Crippen LogP contribution < -0.4 is 11.2 Å². The van der Waals surface area contributed by atoms with Crippen molar-refractivity contribution in [3.8, 4) is 0 Å². The molecule has 0 unspecified atom stereocenters. The van der Waals surface area contributed by atoms with E-state index in [1.54, 1.807) is 29.0 Å². The first kappa shape index (κ1) is 18.6. The number of thioether (sulfide) groups is 1. The van der Waals surface area contributed by atoms with Crippen LogP contribution >= 0.6 is 23.1 Å². The number of rotatable bonds is 3. The third-order valence-corrected chi connectivity index (χ3v) is 8.04. The molecule has 0 bridgehead atoms. The quantitative estimate of drug-likeness (QED) is 0.275. The van der Waals surface area contributed by atoms with Crippen LogP contribution in [0.3, 0.4) is 0 Å². The molecule has 148 valence electrons. The predicted octanol–water partition coefficient (Wildman–Crippen LogP) is 4.50. The summed E-state index contributed by atoms with van der Waals surface area (Å²) in [6.45, 7) is 3.97. The van der Waals surface area contributed by atoms with Crippen LogP contribution in [0.15, 0.2) is 37.4 Å². The highest BCUT2D eigenvalue weighted by Crippen LogP contribution is 2.36. The smallest absolute Gasteiger partial charge is 0.336 e. The van der Waals surface area contributed by atoms with Gasteiger partial charge in [-0.3, -0.25) is 9.36 Å². The minimum atomic E-state index is -0.353. The summed E-state index contributed by atoms with van der Waals surface area (Å²) >= 11 is 3.13. The highest BCUT2D eigenvalue weighted by Gasteiger charge is 2.22. The van der Waals surface area contributed by atoms with Gasteiger partial charge in [-0.15, -0.1) is 11.3 Å². The molecule has 0 saturated carbocycles. The van der Waals surface area contributed by atoms with Gasteiger partial charge in [0.25, 0.3) is 5.56 Å². The van der Waals surface area contributed by atoms with Crippen molar-refractivity contribution in [1.82, 2.24) is 9.55 Å². The number of fused-ring (bicyclic) bond motifs is 4. The fourth-order valence-corrected chi connectivity index (χ4v) is 6.29. The monoisotopic (exact) mass is 424 g/mol.